The van der Waals surface area contributed by atoms with Crippen LogP contribution in [0.4, 0.5) is 4.39 Å². The lowest BCUT2D eigenvalue weighted by Crippen LogP contribution is -2.41. The van der Waals surface area contributed by atoms with Crippen LogP contribution >= 0.6 is 0 Å². The van der Waals surface area contributed by atoms with Crippen LogP contribution in [0.25, 0.3) is 11.0 Å². The van der Waals surface area contributed by atoms with Gasteiger partial charge in [0.05, 0.1) is 18.6 Å². The van der Waals surface area contributed by atoms with Gasteiger partial charge in [-0.1, -0.05) is 48.5 Å². The van der Waals surface area contributed by atoms with Gasteiger partial charge in [-0.15, -0.1) is 0 Å². The average Bonchev–Trinajstić information content (AvgIpc) is 2.70. The van der Waals surface area contributed by atoms with Gasteiger partial charge in [0.2, 0.25) is 0 Å². The van der Waals surface area contributed by atoms with Gasteiger partial charge in [0, 0.05) is 11.8 Å². The molecule has 0 radical (unpaired) electrons. The summed E-state index contributed by atoms with van der Waals surface area (Å²) in [5, 5.41) is 0. The van der Waals surface area contributed by atoms with E-state index < -0.39 is 17.1 Å². The first-order valence-electron chi connectivity index (χ1n) is 8.51. The van der Waals surface area contributed by atoms with Gasteiger partial charge in [0.25, 0.3) is 5.56 Å². The SMILES string of the molecule is O=c1c2ncccc2n(Cc2ccccc2F)c(=O)n1Cc1ccccc1. The van der Waals surface area contributed by atoms with Crippen LogP contribution in [0.15, 0.2) is 82.5 Å². The average molecular weight is 361 g/mol. The third-order valence-corrected chi connectivity index (χ3v) is 4.46. The van der Waals surface area contributed by atoms with E-state index >= 15 is 0 Å². The summed E-state index contributed by atoms with van der Waals surface area (Å²) in [6, 6.07) is 18.8. The molecule has 0 aliphatic rings. The first kappa shape index (κ1) is 16.9. The molecule has 27 heavy (non-hydrogen) atoms. The molecular weight excluding hydrogens is 345 g/mol. The van der Waals surface area contributed by atoms with Crippen molar-refractivity contribution >= 4 is 11.0 Å². The predicted molar refractivity (Wildman–Crippen MR) is 101 cm³/mol. The summed E-state index contributed by atoms with van der Waals surface area (Å²) in [6.45, 7) is 0.144. The fourth-order valence-corrected chi connectivity index (χ4v) is 3.10. The van der Waals surface area contributed by atoms with Gasteiger partial charge >= 0.3 is 5.69 Å². The standard InChI is InChI=1S/C21H16FN3O2/c22-17-10-5-4-9-16(17)14-24-18-11-6-12-23-19(18)20(26)25(21(24)27)13-15-7-2-1-3-8-15/h1-12H,13-14H2. The zero-order chi connectivity index (χ0) is 18.8. The minimum atomic E-state index is -0.493. The van der Waals surface area contributed by atoms with E-state index in [2.05, 4.69) is 4.98 Å². The number of halogens is 1. The zero-order valence-electron chi connectivity index (χ0n) is 14.4. The predicted octanol–water partition coefficient (Wildman–Crippen LogP) is 2.79. The van der Waals surface area contributed by atoms with Crippen LogP contribution < -0.4 is 11.2 Å². The Kier molecular flexibility index (Phi) is 4.38. The van der Waals surface area contributed by atoms with Gasteiger partial charge in [-0.05, 0) is 23.8 Å². The summed E-state index contributed by atoms with van der Waals surface area (Å²) in [7, 11) is 0. The Morgan fingerprint density at radius 3 is 2.33 bits per heavy atom. The Balaban J connectivity index is 1.93. The van der Waals surface area contributed by atoms with Crippen LogP contribution in [0, 0.1) is 5.82 Å². The van der Waals surface area contributed by atoms with E-state index in [-0.39, 0.29) is 18.6 Å². The summed E-state index contributed by atoms with van der Waals surface area (Å²) in [4.78, 5) is 30.1. The topological polar surface area (TPSA) is 56.9 Å². The van der Waals surface area contributed by atoms with Crippen LogP contribution in [0.3, 0.4) is 0 Å². The summed E-state index contributed by atoms with van der Waals surface area (Å²) in [6.07, 6.45) is 1.51. The molecule has 2 aromatic heterocycles. The van der Waals surface area contributed by atoms with Crippen molar-refractivity contribution in [1.82, 2.24) is 14.1 Å². The first-order chi connectivity index (χ1) is 13.1. The molecule has 4 aromatic rings. The Morgan fingerprint density at radius 1 is 0.815 bits per heavy atom. The molecule has 4 rings (SSSR count). The van der Waals surface area contributed by atoms with Crippen molar-refractivity contribution in [3.8, 4) is 0 Å². The molecule has 5 nitrogen and oxygen atoms in total. The largest absolute Gasteiger partial charge is 0.332 e. The van der Waals surface area contributed by atoms with Gasteiger partial charge < -0.3 is 0 Å². The Bertz CT molecular complexity index is 1230. The molecule has 0 aliphatic carbocycles. The number of benzene rings is 2. The third kappa shape index (κ3) is 3.17. The number of rotatable bonds is 4. The maximum Gasteiger partial charge on any atom is 0.332 e. The second-order valence-corrected chi connectivity index (χ2v) is 6.21. The van der Waals surface area contributed by atoms with Gasteiger partial charge in [-0.25, -0.2) is 14.2 Å². The van der Waals surface area contributed by atoms with E-state index in [1.54, 1.807) is 30.3 Å². The fraction of sp³-hybridized carbons (Fsp3) is 0.0952. The highest BCUT2D eigenvalue weighted by atomic mass is 19.1. The highest BCUT2D eigenvalue weighted by Crippen LogP contribution is 2.12. The first-order valence-corrected chi connectivity index (χ1v) is 8.51. The lowest BCUT2D eigenvalue weighted by atomic mass is 10.2. The molecule has 0 fully saturated rings. The quantitative estimate of drug-likeness (QED) is 0.562. The minimum absolute atomic E-state index is 0.0166. The van der Waals surface area contributed by atoms with Crippen LogP contribution in [-0.2, 0) is 13.1 Å². The minimum Gasteiger partial charge on any atom is -0.287 e. The molecule has 0 aliphatic heterocycles. The highest BCUT2D eigenvalue weighted by Gasteiger charge is 2.15. The lowest BCUT2D eigenvalue weighted by Gasteiger charge is -2.14. The van der Waals surface area contributed by atoms with E-state index in [4.69, 9.17) is 0 Å². The summed E-state index contributed by atoms with van der Waals surface area (Å²) in [5.74, 6) is -0.401. The number of aromatic nitrogens is 3. The molecule has 0 saturated heterocycles. The molecule has 2 heterocycles. The van der Waals surface area contributed by atoms with Crippen molar-refractivity contribution in [1.29, 1.82) is 0 Å². The summed E-state index contributed by atoms with van der Waals surface area (Å²) < 4.78 is 16.7. The summed E-state index contributed by atoms with van der Waals surface area (Å²) >= 11 is 0. The van der Waals surface area contributed by atoms with Crippen molar-refractivity contribution in [3.63, 3.8) is 0 Å². The maximum absolute atomic E-state index is 14.1. The molecular formula is C21H16FN3O2. The van der Waals surface area contributed by atoms with E-state index in [9.17, 15) is 14.0 Å². The van der Waals surface area contributed by atoms with Gasteiger partial charge in [-0.3, -0.25) is 13.9 Å². The molecule has 0 atom stereocenters. The van der Waals surface area contributed by atoms with Crippen molar-refractivity contribution < 1.29 is 4.39 Å². The molecule has 134 valence electrons. The third-order valence-electron chi connectivity index (χ3n) is 4.46. The smallest absolute Gasteiger partial charge is 0.287 e. The molecule has 0 amide bonds. The van der Waals surface area contributed by atoms with Crippen LogP contribution in [0.5, 0.6) is 0 Å². The monoisotopic (exact) mass is 361 g/mol. The number of fused-ring (bicyclic) bond motifs is 1. The van der Waals surface area contributed by atoms with Crippen LogP contribution in [-0.4, -0.2) is 14.1 Å². The Labute approximate surface area is 154 Å². The molecule has 2 aromatic carbocycles. The number of nitrogens with zero attached hydrogens (tertiary/aromatic N) is 3. The molecule has 0 N–H and O–H groups in total. The number of hydrogen-bond donors (Lipinski definition) is 0. The van der Waals surface area contributed by atoms with Gasteiger partial charge in [0.15, 0.2) is 5.52 Å². The maximum atomic E-state index is 14.1. The van der Waals surface area contributed by atoms with Crippen LogP contribution in [0.2, 0.25) is 0 Å². The normalized spacial score (nSPS) is 11.0. The van der Waals surface area contributed by atoms with E-state index in [0.29, 0.717) is 11.1 Å². The number of pyridine rings is 1. The van der Waals surface area contributed by atoms with Gasteiger partial charge in [-0.2, -0.15) is 0 Å². The van der Waals surface area contributed by atoms with E-state index in [1.165, 1.54) is 16.8 Å². The summed E-state index contributed by atoms with van der Waals surface area (Å²) in [5.41, 5.74) is 0.820. The second kappa shape index (κ2) is 6.99. The highest BCUT2D eigenvalue weighted by molar-refractivity contribution is 5.73. The van der Waals surface area contributed by atoms with Crippen molar-refractivity contribution in [3.05, 3.63) is 111 Å². The van der Waals surface area contributed by atoms with Crippen molar-refractivity contribution in [2.75, 3.05) is 0 Å². The second-order valence-electron chi connectivity index (χ2n) is 6.21. The fourth-order valence-electron chi connectivity index (χ4n) is 3.10. The van der Waals surface area contributed by atoms with Crippen molar-refractivity contribution in [2.45, 2.75) is 13.1 Å². The van der Waals surface area contributed by atoms with E-state index in [0.717, 1.165) is 10.1 Å². The zero-order valence-corrected chi connectivity index (χ0v) is 14.4. The number of hydrogen-bond acceptors (Lipinski definition) is 3. The van der Waals surface area contributed by atoms with Gasteiger partial charge in [0.1, 0.15) is 5.82 Å². The molecule has 6 heteroatoms. The Morgan fingerprint density at radius 2 is 1.56 bits per heavy atom. The molecule has 0 unspecified atom stereocenters. The molecule has 0 spiro atoms. The van der Waals surface area contributed by atoms with E-state index in [1.807, 2.05) is 30.3 Å². The molecule has 0 saturated carbocycles. The van der Waals surface area contributed by atoms with Crippen molar-refractivity contribution in [2.24, 2.45) is 0 Å². The van der Waals surface area contributed by atoms with Crippen LogP contribution in [0.1, 0.15) is 11.1 Å². The molecule has 0 bridgehead atoms. The Hall–Kier alpha value is -3.54. The lowest BCUT2D eigenvalue weighted by molar-refractivity contribution is 0.583.